The fourth-order valence-electron chi connectivity index (χ4n) is 2.73. The van der Waals surface area contributed by atoms with E-state index in [9.17, 15) is 5.11 Å². The van der Waals surface area contributed by atoms with Crippen LogP contribution in [0, 0.1) is 0 Å². The highest BCUT2D eigenvalue weighted by atomic mass is 79.9. The van der Waals surface area contributed by atoms with Gasteiger partial charge in [0, 0.05) is 32.1 Å². The number of ether oxygens (including phenoxy) is 1. The molecule has 7 heteroatoms. The lowest BCUT2D eigenvalue weighted by molar-refractivity contribution is 0.174. The average Bonchev–Trinajstić information content (AvgIpc) is 2.75. The number of halogens is 5. The molecule has 3 rings (SSSR count). The predicted octanol–water partition coefficient (Wildman–Crippen LogP) is 8.96. The van der Waals surface area contributed by atoms with Crippen LogP contribution in [0.3, 0.4) is 0 Å². The third-order valence-corrected chi connectivity index (χ3v) is 6.05. The molecule has 0 spiro atoms. The molecule has 0 saturated carbocycles. The molecule has 0 heterocycles. The number of hydrogen-bond donors (Lipinski definition) is 1. The van der Waals surface area contributed by atoms with Gasteiger partial charge in [-0.1, -0.05) is 73.8 Å². The zero-order valence-corrected chi connectivity index (χ0v) is 22.1. The van der Waals surface area contributed by atoms with Crippen LogP contribution in [0.15, 0.2) is 81.7 Å². The summed E-state index contributed by atoms with van der Waals surface area (Å²) in [5, 5.41) is 10.2. The number of hydrogen-bond acceptors (Lipinski definition) is 2. The molecule has 0 radical (unpaired) electrons. The van der Waals surface area contributed by atoms with Crippen molar-refractivity contribution >= 4 is 66.7 Å². The summed E-state index contributed by atoms with van der Waals surface area (Å²) < 4.78 is 8.04. The fourth-order valence-corrected chi connectivity index (χ4v) is 3.84. The van der Waals surface area contributed by atoms with E-state index in [4.69, 9.17) is 39.5 Å². The van der Waals surface area contributed by atoms with Crippen molar-refractivity contribution in [2.75, 3.05) is 11.8 Å². The number of rotatable bonds is 8. The molecule has 2 nitrogen and oxygen atoms in total. The van der Waals surface area contributed by atoms with E-state index in [1.54, 1.807) is 0 Å². The van der Waals surface area contributed by atoms with E-state index < -0.39 is 6.10 Å². The first kappa shape index (κ1) is 26.5. The van der Waals surface area contributed by atoms with Crippen molar-refractivity contribution in [3.8, 4) is 5.75 Å². The summed E-state index contributed by atoms with van der Waals surface area (Å²) in [5.41, 5.74) is 2.02. The van der Waals surface area contributed by atoms with Crippen molar-refractivity contribution in [2.45, 2.75) is 25.0 Å². The molecule has 0 aliphatic rings. The molecule has 3 aromatic rings. The molecule has 0 aromatic heterocycles. The van der Waals surface area contributed by atoms with Gasteiger partial charge in [0.1, 0.15) is 11.9 Å². The van der Waals surface area contributed by atoms with Gasteiger partial charge in [0.05, 0.1) is 6.10 Å². The van der Waals surface area contributed by atoms with Crippen molar-refractivity contribution in [1.82, 2.24) is 0 Å². The molecule has 0 fully saturated rings. The zero-order valence-electron chi connectivity index (χ0n) is 16.7. The Labute approximate surface area is 215 Å². The SMILES string of the molecule is ClCCC(Oc1cccc(Cl)c1)c1ccc(Br)cc1.OC(CCCl)c1ccc(Br)cc1. The van der Waals surface area contributed by atoms with Crippen LogP contribution in [0.25, 0.3) is 0 Å². The minimum atomic E-state index is -0.435. The first-order valence-corrected chi connectivity index (χ1v) is 12.7. The quantitative estimate of drug-likeness (QED) is 0.259. The largest absolute Gasteiger partial charge is 0.486 e. The Bertz CT molecular complexity index is 905. The Kier molecular flexibility index (Phi) is 12.3. The third kappa shape index (κ3) is 9.73. The van der Waals surface area contributed by atoms with Crippen LogP contribution >= 0.6 is 66.7 Å². The number of benzene rings is 3. The van der Waals surface area contributed by atoms with E-state index in [1.807, 2.05) is 72.8 Å². The second-order valence-corrected chi connectivity index (χ2v) is 9.66. The fraction of sp³-hybridized carbons (Fsp3) is 0.250. The number of aliphatic hydroxyl groups is 1. The molecule has 31 heavy (non-hydrogen) atoms. The van der Waals surface area contributed by atoms with Crippen molar-refractivity contribution in [1.29, 1.82) is 0 Å². The highest BCUT2D eigenvalue weighted by Crippen LogP contribution is 2.28. The van der Waals surface area contributed by atoms with Gasteiger partial charge in [-0.15, -0.1) is 23.2 Å². The third-order valence-electron chi connectivity index (χ3n) is 4.32. The molecular formula is C24H23Br2Cl3O2. The lowest BCUT2D eigenvalue weighted by Crippen LogP contribution is -2.08. The minimum absolute atomic E-state index is 0.0657. The van der Waals surface area contributed by atoms with E-state index in [1.165, 1.54) is 0 Å². The molecule has 0 amide bonds. The van der Waals surface area contributed by atoms with E-state index in [0.717, 1.165) is 32.2 Å². The summed E-state index contributed by atoms with van der Waals surface area (Å²) in [5.74, 6) is 1.78. The molecular weight excluding hydrogens is 586 g/mol. The van der Waals surface area contributed by atoms with Crippen molar-refractivity contribution in [3.05, 3.63) is 97.9 Å². The first-order valence-electron chi connectivity index (χ1n) is 9.66. The van der Waals surface area contributed by atoms with Crippen LogP contribution < -0.4 is 4.74 Å². The topological polar surface area (TPSA) is 29.5 Å². The summed E-state index contributed by atoms with van der Waals surface area (Å²) >= 11 is 24.1. The highest BCUT2D eigenvalue weighted by Gasteiger charge is 2.13. The summed E-state index contributed by atoms with van der Waals surface area (Å²) in [7, 11) is 0. The van der Waals surface area contributed by atoms with Crippen LogP contribution in [0.1, 0.15) is 36.2 Å². The van der Waals surface area contributed by atoms with Gasteiger partial charge in [0.25, 0.3) is 0 Å². The smallest absolute Gasteiger partial charge is 0.125 e. The van der Waals surface area contributed by atoms with Gasteiger partial charge < -0.3 is 9.84 Å². The molecule has 2 unspecified atom stereocenters. The van der Waals surface area contributed by atoms with Crippen molar-refractivity contribution in [2.24, 2.45) is 0 Å². The summed E-state index contributed by atoms with van der Waals surface area (Å²) in [6.45, 7) is 0. The second-order valence-electron chi connectivity index (χ2n) is 6.64. The van der Waals surface area contributed by atoms with Gasteiger partial charge in [-0.25, -0.2) is 0 Å². The van der Waals surface area contributed by atoms with Crippen molar-refractivity contribution < 1.29 is 9.84 Å². The van der Waals surface area contributed by atoms with Crippen molar-refractivity contribution in [3.63, 3.8) is 0 Å². The number of alkyl halides is 2. The van der Waals surface area contributed by atoms with Gasteiger partial charge >= 0.3 is 0 Å². The lowest BCUT2D eigenvalue weighted by atomic mass is 10.1. The Balaban J connectivity index is 0.000000245. The molecule has 2 atom stereocenters. The van der Waals surface area contributed by atoms with Crippen LogP contribution in [-0.4, -0.2) is 16.9 Å². The maximum absolute atomic E-state index is 9.51. The van der Waals surface area contributed by atoms with E-state index >= 15 is 0 Å². The first-order chi connectivity index (χ1) is 14.9. The van der Waals surface area contributed by atoms with Crippen LogP contribution in [0.2, 0.25) is 5.02 Å². The molecule has 0 bridgehead atoms. The maximum atomic E-state index is 9.51. The van der Waals surface area contributed by atoms with Crippen LogP contribution in [0.5, 0.6) is 5.75 Å². The Morgan fingerprint density at radius 1 is 0.774 bits per heavy atom. The Morgan fingerprint density at radius 2 is 1.32 bits per heavy atom. The van der Waals surface area contributed by atoms with E-state index in [0.29, 0.717) is 23.2 Å². The standard InChI is InChI=1S/C15H13BrCl2O.C9H10BrClO/c16-12-6-4-11(5-7-12)15(8-9-17)19-14-3-1-2-13(18)10-14;10-8-3-1-7(2-4-8)9(12)5-6-11/h1-7,10,15H,8-9H2;1-4,9,12H,5-6H2. The van der Waals surface area contributed by atoms with Gasteiger partial charge in [0.15, 0.2) is 0 Å². The Morgan fingerprint density at radius 3 is 1.84 bits per heavy atom. The molecule has 0 aliphatic carbocycles. The highest BCUT2D eigenvalue weighted by molar-refractivity contribution is 9.10. The lowest BCUT2D eigenvalue weighted by Gasteiger charge is -2.19. The van der Waals surface area contributed by atoms with Crippen LogP contribution in [0.4, 0.5) is 0 Å². The monoisotopic (exact) mass is 606 g/mol. The normalized spacial score (nSPS) is 12.5. The summed E-state index contributed by atoms with van der Waals surface area (Å²) in [6.07, 6.45) is 0.846. The maximum Gasteiger partial charge on any atom is 0.125 e. The minimum Gasteiger partial charge on any atom is -0.486 e. The van der Waals surface area contributed by atoms with Gasteiger partial charge in [-0.3, -0.25) is 0 Å². The Hall–Kier alpha value is -0.750. The molecule has 3 aromatic carbocycles. The molecule has 0 aliphatic heterocycles. The summed E-state index contributed by atoms with van der Waals surface area (Å²) in [4.78, 5) is 0. The second kappa shape index (κ2) is 14.4. The van der Waals surface area contributed by atoms with Gasteiger partial charge in [-0.2, -0.15) is 0 Å². The molecule has 1 N–H and O–H groups in total. The molecule has 0 saturated heterocycles. The molecule has 166 valence electrons. The average molecular weight is 610 g/mol. The van der Waals surface area contributed by atoms with Crippen LogP contribution in [-0.2, 0) is 0 Å². The predicted molar refractivity (Wildman–Crippen MR) is 139 cm³/mol. The van der Waals surface area contributed by atoms with E-state index in [-0.39, 0.29) is 6.10 Å². The van der Waals surface area contributed by atoms with Gasteiger partial charge in [0.2, 0.25) is 0 Å². The van der Waals surface area contributed by atoms with Gasteiger partial charge in [-0.05, 0) is 60.0 Å². The zero-order chi connectivity index (χ0) is 22.6. The number of aliphatic hydroxyl groups excluding tert-OH is 1. The summed E-state index contributed by atoms with van der Waals surface area (Å²) in [6, 6.07) is 23.1. The van der Waals surface area contributed by atoms with E-state index in [2.05, 4.69) is 31.9 Å².